The van der Waals surface area contributed by atoms with Gasteiger partial charge in [0.2, 0.25) is 0 Å². The Kier molecular flexibility index (Phi) is 2.41. The molecule has 0 spiro atoms. The molecule has 1 nitrogen and oxygen atoms in total. The molecule has 25 valence electrons. The second-order valence-corrected chi connectivity index (χ2v) is 6.35. The molecule has 0 amide bonds. The normalized spacial score (nSPS) is 9.00. The Morgan fingerprint density at radius 2 is 1.50 bits per heavy atom. The third-order valence-corrected chi connectivity index (χ3v) is 0. The zero-order valence-electron chi connectivity index (χ0n) is 2.95. The Morgan fingerprint density at radius 3 is 1.50 bits per heavy atom. The SMILES string of the molecule is [CH3][Sn]([CH3])[OH]. The van der Waals surface area contributed by atoms with Gasteiger partial charge in [0.05, 0.1) is 0 Å². The Hall–Kier alpha value is 0.759. The van der Waals surface area contributed by atoms with Crippen LogP contribution in [0.5, 0.6) is 0 Å². The molecule has 0 atom stereocenters. The summed E-state index contributed by atoms with van der Waals surface area (Å²) in [4.78, 5) is 3.84. The molecule has 0 aliphatic heterocycles. The van der Waals surface area contributed by atoms with Gasteiger partial charge in [0.1, 0.15) is 0 Å². The third-order valence-electron chi connectivity index (χ3n) is 0. The van der Waals surface area contributed by atoms with E-state index in [0.29, 0.717) is 0 Å². The molecule has 0 saturated heterocycles. The van der Waals surface area contributed by atoms with Crippen molar-refractivity contribution >= 4 is 20.2 Å². The molecule has 1 N–H and O–H groups in total. The van der Waals surface area contributed by atoms with E-state index in [9.17, 15) is 0 Å². The summed E-state index contributed by atoms with van der Waals surface area (Å²) in [5, 5.41) is 0. The van der Waals surface area contributed by atoms with Gasteiger partial charge in [-0.2, -0.15) is 0 Å². The Labute approximate surface area is 33.9 Å². The van der Waals surface area contributed by atoms with Gasteiger partial charge in [0.15, 0.2) is 0 Å². The quantitative estimate of drug-likeness (QED) is 0.510. The summed E-state index contributed by atoms with van der Waals surface area (Å²) >= 11 is -1.54. The Morgan fingerprint density at radius 1 is 1.50 bits per heavy atom. The van der Waals surface area contributed by atoms with Crippen molar-refractivity contribution in [2.45, 2.75) is 9.88 Å². The van der Waals surface area contributed by atoms with Gasteiger partial charge in [0, 0.05) is 0 Å². The van der Waals surface area contributed by atoms with Crippen molar-refractivity contribution in [1.82, 2.24) is 0 Å². The zero-order chi connectivity index (χ0) is 3.58. The predicted octanol–water partition coefficient (Wildman–Crippen LogP) is 0.230. The minimum atomic E-state index is -1.54. The number of hydrogen-bond donors (Lipinski definition) is 1. The molecule has 0 bridgehead atoms. The van der Waals surface area contributed by atoms with E-state index in [-0.39, 0.29) is 0 Å². The van der Waals surface area contributed by atoms with Crippen LogP contribution in [0.2, 0.25) is 9.88 Å². The molecule has 0 aromatic heterocycles. The summed E-state index contributed by atoms with van der Waals surface area (Å²) in [5.74, 6) is 0. The summed E-state index contributed by atoms with van der Waals surface area (Å²) in [5.41, 5.74) is 0. The van der Waals surface area contributed by atoms with E-state index in [2.05, 4.69) is 0 Å². The first kappa shape index (κ1) is 4.76. The second-order valence-electron chi connectivity index (χ2n) is 0.947. The van der Waals surface area contributed by atoms with E-state index < -0.39 is 20.2 Å². The Balaban J connectivity index is 2.32. The van der Waals surface area contributed by atoms with Crippen molar-refractivity contribution in [3.8, 4) is 0 Å². The van der Waals surface area contributed by atoms with Gasteiger partial charge in [-0.1, -0.05) is 0 Å². The first-order chi connectivity index (χ1) is 1.73. The molecule has 1 radical (unpaired) electrons. The second kappa shape index (κ2) is 2.02. The molecule has 0 saturated carbocycles. The molecule has 2 heteroatoms. The van der Waals surface area contributed by atoms with Gasteiger partial charge < -0.3 is 0 Å². The molecule has 0 unspecified atom stereocenters. The molecule has 4 heavy (non-hydrogen) atoms. The maximum atomic E-state index is 8.25. The van der Waals surface area contributed by atoms with Gasteiger partial charge in [-0.15, -0.1) is 0 Å². The number of rotatable bonds is 0. The van der Waals surface area contributed by atoms with E-state index in [1.807, 2.05) is 9.88 Å². The summed E-state index contributed by atoms with van der Waals surface area (Å²) in [6.45, 7) is 0. The molecule has 0 aromatic carbocycles. The number of hydrogen-bond acceptors (Lipinski definition) is 1. The van der Waals surface area contributed by atoms with Crippen molar-refractivity contribution in [3.63, 3.8) is 0 Å². The fourth-order valence-corrected chi connectivity index (χ4v) is 0. The van der Waals surface area contributed by atoms with Crippen LogP contribution in [0.1, 0.15) is 0 Å². The monoisotopic (exact) mass is 167 g/mol. The van der Waals surface area contributed by atoms with Gasteiger partial charge in [-0.3, -0.25) is 0 Å². The first-order valence-electron chi connectivity index (χ1n) is 1.22. The molecule has 0 fully saturated rings. The summed E-state index contributed by atoms with van der Waals surface area (Å²) in [6, 6.07) is 0. The molecule has 0 aliphatic rings. The van der Waals surface area contributed by atoms with Crippen LogP contribution in [-0.2, 0) is 0 Å². The van der Waals surface area contributed by atoms with Crippen LogP contribution in [0.15, 0.2) is 0 Å². The fourth-order valence-electron chi connectivity index (χ4n) is 0. The molecule has 0 aliphatic carbocycles. The molecular formula is C2H7OSn. The predicted molar refractivity (Wildman–Crippen MR) is 19.7 cm³/mol. The molecule has 0 aromatic rings. The van der Waals surface area contributed by atoms with Gasteiger partial charge in [0.25, 0.3) is 0 Å². The topological polar surface area (TPSA) is 20.2 Å². The zero-order valence-corrected chi connectivity index (χ0v) is 5.80. The van der Waals surface area contributed by atoms with Crippen LogP contribution < -0.4 is 0 Å². The van der Waals surface area contributed by atoms with Crippen molar-refractivity contribution in [1.29, 1.82) is 0 Å². The van der Waals surface area contributed by atoms with E-state index in [1.165, 1.54) is 0 Å². The first-order valence-corrected chi connectivity index (χ1v) is 8.21. The summed E-state index contributed by atoms with van der Waals surface area (Å²) in [6.07, 6.45) is 0. The minimum absolute atomic E-state index is 1.54. The van der Waals surface area contributed by atoms with Crippen molar-refractivity contribution in [2.75, 3.05) is 0 Å². The average Bonchev–Trinajstić information content (AvgIpc) is 0.811. The van der Waals surface area contributed by atoms with Crippen LogP contribution in [0.25, 0.3) is 0 Å². The average molecular weight is 166 g/mol. The van der Waals surface area contributed by atoms with Gasteiger partial charge in [-0.05, 0) is 0 Å². The van der Waals surface area contributed by atoms with Crippen LogP contribution in [0, 0.1) is 0 Å². The maximum absolute atomic E-state index is 8.25. The van der Waals surface area contributed by atoms with E-state index in [0.717, 1.165) is 0 Å². The van der Waals surface area contributed by atoms with Crippen molar-refractivity contribution < 1.29 is 3.44 Å². The van der Waals surface area contributed by atoms with E-state index in [1.54, 1.807) is 0 Å². The fraction of sp³-hybridized carbons (Fsp3) is 1.00. The summed E-state index contributed by atoms with van der Waals surface area (Å²) in [7, 11) is 0. The molecule has 0 rings (SSSR count). The Bertz CT molecular complexity index is 10.8. The summed E-state index contributed by atoms with van der Waals surface area (Å²) < 4.78 is 8.25. The van der Waals surface area contributed by atoms with Crippen LogP contribution in [-0.4, -0.2) is 23.6 Å². The van der Waals surface area contributed by atoms with Gasteiger partial charge in [-0.25, -0.2) is 0 Å². The van der Waals surface area contributed by atoms with Crippen LogP contribution in [0.4, 0.5) is 0 Å². The standard InChI is InChI=1S/2CH3.H2O.Sn/h2*1H3;1H2;/q;;;+1/p-1. The van der Waals surface area contributed by atoms with E-state index >= 15 is 0 Å². The molecule has 0 heterocycles. The van der Waals surface area contributed by atoms with E-state index in [4.69, 9.17) is 3.44 Å². The van der Waals surface area contributed by atoms with Crippen LogP contribution in [0.3, 0.4) is 0 Å². The van der Waals surface area contributed by atoms with Crippen molar-refractivity contribution in [2.24, 2.45) is 0 Å². The third kappa shape index (κ3) is 14.8. The van der Waals surface area contributed by atoms with Crippen molar-refractivity contribution in [3.05, 3.63) is 0 Å². The van der Waals surface area contributed by atoms with Crippen LogP contribution >= 0.6 is 0 Å². The molecular weight excluding hydrogens is 159 g/mol. The van der Waals surface area contributed by atoms with Gasteiger partial charge >= 0.3 is 33.5 Å².